The van der Waals surface area contributed by atoms with Crippen molar-refractivity contribution >= 4 is 21.6 Å². The van der Waals surface area contributed by atoms with Crippen molar-refractivity contribution in [2.45, 2.75) is 23.7 Å². The normalized spacial score (nSPS) is 17.7. The van der Waals surface area contributed by atoms with E-state index in [1.165, 1.54) is 9.87 Å². The van der Waals surface area contributed by atoms with E-state index >= 15 is 0 Å². The van der Waals surface area contributed by atoms with E-state index in [1.807, 2.05) is 19.4 Å². The second-order valence-electron chi connectivity index (χ2n) is 5.56. The predicted molar refractivity (Wildman–Crippen MR) is 85.4 cm³/mol. The Morgan fingerprint density at radius 2 is 1.91 bits per heavy atom. The predicted octanol–water partition coefficient (Wildman–Crippen LogP) is 2.64. The summed E-state index contributed by atoms with van der Waals surface area (Å²) < 4.78 is 28.7. The Morgan fingerprint density at radius 1 is 1.23 bits per heavy atom. The monoisotopic (exact) mass is 339 g/mol. The number of aromatic nitrogens is 2. The molecule has 1 aromatic carbocycles. The molecule has 1 saturated heterocycles. The van der Waals surface area contributed by atoms with Crippen LogP contribution in [0.3, 0.4) is 0 Å². The highest BCUT2D eigenvalue weighted by Crippen LogP contribution is 2.32. The first-order valence-electron chi connectivity index (χ1n) is 7.21. The number of hydrogen-bond acceptors (Lipinski definition) is 3. The molecule has 7 heteroatoms. The highest BCUT2D eigenvalue weighted by molar-refractivity contribution is 7.89. The van der Waals surface area contributed by atoms with Crippen LogP contribution in [0.15, 0.2) is 41.6 Å². The van der Waals surface area contributed by atoms with Crippen LogP contribution < -0.4 is 0 Å². The summed E-state index contributed by atoms with van der Waals surface area (Å²) in [5.74, 6) is 0.367. The smallest absolute Gasteiger partial charge is 0.244 e. The van der Waals surface area contributed by atoms with Gasteiger partial charge in [-0.2, -0.15) is 9.40 Å². The van der Waals surface area contributed by atoms with Crippen LogP contribution in [0.4, 0.5) is 0 Å². The Labute approximate surface area is 135 Å². The second-order valence-corrected chi connectivity index (χ2v) is 7.87. The largest absolute Gasteiger partial charge is 0.276 e. The maximum atomic E-state index is 12.7. The molecule has 0 amide bonds. The molecule has 0 N–H and O–H groups in total. The molecule has 22 heavy (non-hydrogen) atoms. The molecule has 1 aliphatic rings. The molecule has 0 unspecified atom stereocenters. The van der Waals surface area contributed by atoms with Crippen molar-refractivity contribution in [2.75, 3.05) is 13.1 Å². The van der Waals surface area contributed by atoms with E-state index in [0.29, 0.717) is 19.0 Å². The lowest BCUT2D eigenvalue weighted by Crippen LogP contribution is -2.37. The van der Waals surface area contributed by atoms with Gasteiger partial charge in [0.2, 0.25) is 10.0 Å². The molecule has 3 rings (SSSR count). The molecule has 0 atom stereocenters. The molecule has 0 aliphatic carbocycles. The summed E-state index contributed by atoms with van der Waals surface area (Å²) in [7, 11) is -1.62. The molecule has 0 radical (unpaired) electrons. The van der Waals surface area contributed by atoms with Crippen LogP contribution in [0.2, 0.25) is 5.02 Å². The van der Waals surface area contributed by atoms with Gasteiger partial charge >= 0.3 is 0 Å². The Kier molecular flexibility index (Phi) is 4.25. The molecule has 2 aromatic rings. The molecule has 1 fully saturated rings. The number of halogens is 1. The standard InChI is InChI=1S/C15H18ClN3O2S/c1-18-11-13(10-17-18)12-6-8-19(9-7-12)22(20,21)15-5-3-2-4-14(15)16/h2-5,10-12H,6-9H2,1H3. The maximum absolute atomic E-state index is 12.7. The van der Waals surface area contributed by atoms with Gasteiger partial charge in [0.25, 0.3) is 0 Å². The fourth-order valence-electron chi connectivity index (χ4n) is 2.87. The topological polar surface area (TPSA) is 55.2 Å². The zero-order valence-electron chi connectivity index (χ0n) is 12.3. The van der Waals surface area contributed by atoms with E-state index in [-0.39, 0.29) is 9.92 Å². The zero-order chi connectivity index (χ0) is 15.7. The van der Waals surface area contributed by atoms with Gasteiger partial charge in [-0.1, -0.05) is 23.7 Å². The minimum atomic E-state index is -3.51. The van der Waals surface area contributed by atoms with E-state index in [1.54, 1.807) is 28.9 Å². The molecule has 0 spiro atoms. The van der Waals surface area contributed by atoms with Crippen LogP contribution in [-0.2, 0) is 17.1 Å². The molecule has 1 aliphatic heterocycles. The molecule has 0 saturated carbocycles. The summed E-state index contributed by atoms with van der Waals surface area (Å²) in [6.45, 7) is 1.01. The number of aryl methyl sites for hydroxylation is 1. The van der Waals surface area contributed by atoms with E-state index in [0.717, 1.165) is 12.8 Å². The van der Waals surface area contributed by atoms with Crippen molar-refractivity contribution in [3.05, 3.63) is 47.2 Å². The van der Waals surface area contributed by atoms with Gasteiger partial charge in [-0.05, 0) is 36.5 Å². The van der Waals surface area contributed by atoms with Gasteiger partial charge in [-0.3, -0.25) is 4.68 Å². The molecular formula is C15H18ClN3O2S. The lowest BCUT2D eigenvalue weighted by molar-refractivity contribution is 0.319. The molecule has 2 heterocycles. The van der Waals surface area contributed by atoms with E-state index in [9.17, 15) is 8.42 Å². The molecular weight excluding hydrogens is 322 g/mol. The zero-order valence-corrected chi connectivity index (χ0v) is 13.9. The summed E-state index contributed by atoms with van der Waals surface area (Å²) >= 11 is 6.04. The number of hydrogen-bond donors (Lipinski definition) is 0. The van der Waals surface area contributed by atoms with Crippen molar-refractivity contribution < 1.29 is 8.42 Å². The van der Waals surface area contributed by atoms with Crippen LogP contribution in [-0.4, -0.2) is 35.6 Å². The summed E-state index contributed by atoms with van der Waals surface area (Å²) in [5.41, 5.74) is 1.18. The minimum Gasteiger partial charge on any atom is -0.276 e. The van der Waals surface area contributed by atoms with Gasteiger partial charge in [0.15, 0.2) is 0 Å². The molecule has 118 valence electrons. The van der Waals surface area contributed by atoms with Gasteiger partial charge < -0.3 is 0 Å². The van der Waals surface area contributed by atoms with Gasteiger partial charge in [0, 0.05) is 26.3 Å². The minimum absolute atomic E-state index is 0.191. The Hall–Kier alpha value is -1.37. The lowest BCUT2D eigenvalue weighted by Gasteiger charge is -2.31. The third-order valence-electron chi connectivity index (χ3n) is 4.10. The van der Waals surface area contributed by atoms with E-state index < -0.39 is 10.0 Å². The number of benzene rings is 1. The van der Waals surface area contributed by atoms with Crippen LogP contribution in [0.5, 0.6) is 0 Å². The quantitative estimate of drug-likeness (QED) is 0.863. The highest BCUT2D eigenvalue weighted by Gasteiger charge is 2.31. The number of sulfonamides is 1. The van der Waals surface area contributed by atoms with Gasteiger partial charge in [-0.15, -0.1) is 0 Å². The first kappa shape index (κ1) is 15.5. The third kappa shape index (κ3) is 2.91. The molecule has 0 bridgehead atoms. The van der Waals surface area contributed by atoms with Crippen LogP contribution >= 0.6 is 11.6 Å². The Morgan fingerprint density at radius 3 is 2.50 bits per heavy atom. The first-order chi connectivity index (χ1) is 10.5. The van der Waals surface area contributed by atoms with Crippen molar-refractivity contribution in [3.8, 4) is 0 Å². The average molecular weight is 340 g/mol. The molecule has 1 aromatic heterocycles. The fourth-order valence-corrected chi connectivity index (χ4v) is 4.84. The molecule has 5 nitrogen and oxygen atoms in total. The van der Waals surface area contributed by atoms with E-state index in [2.05, 4.69) is 5.10 Å². The average Bonchev–Trinajstić information content (AvgIpc) is 2.94. The summed E-state index contributed by atoms with van der Waals surface area (Å²) in [6.07, 6.45) is 5.47. The number of rotatable bonds is 3. The maximum Gasteiger partial charge on any atom is 0.244 e. The fraction of sp³-hybridized carbons (Fsp3) is 0.400. The van der Waals surface area contributed by atoms with Crippen molar-refractivity contribution in [1.29, 1.82) is 0 Å². The highest BCUT2D eigenvalue weighted by atomic mass is 35.5. The van der Waals surface area contributed by atoms with Crippen molar-refractivity contribution in [3.63, 3.8) is 0 Å². The van der Waals surface area contributed by atoms with Crippen molar-refractivity contribution in [1.82, 2.24) is 14.1 Å². The second kappa shape index (κ2) is 6.02. The Bertz CT molecular complexity index is 765. The van der Waals surface area contributed by atoms with Crippen molar-refractivity contribution in [2.24, 2.45) is 7.05 Å². The third-order valence-corrected chi connectivity index (χ3v) is 6.50. The number of nitrogens with zero attached hydrogens (tertiary/aromatic N) is 3. The van der Waals surface area contributed by atoms with Gasteiger partial charge in [-0.25, -0.2) is 8.42 Å². The van der Waals surface area contributed by atoms with Gasteiger partial charge in [0.05, 0.1) is 11.2 Å². The summed E-state index contributed by atoms with van der Waals surface area (Å²) in [6, 6.07) is 6.60. The number of piperidine rings is 1. The summed E-state index contributed by atoms with van der Waals surface area (Å²) in [4.78, 5) is 0.191. The summed E-state index contributed by atoms with van der Waals surface area (Å²) in [5, 5.41) is 4.46. The Balaban J connectivity index is 1.75. The van der Waals surface area contributed by atoms with Crippen LogP contribution in [0, 0.1) is 0 Å². The van der Waals surface area contributed by atoms with Gasteiger partial charge in [0.1, 0.15) is 4.90 Å². The van der Waals surface area contributed by atoms with E-state index in [4.69, 9.17) is 11.6 Å². The van der Waals surface area contributed by atoms with Crippen LogP contribution in [0.1, 0.15) is 24.3 Å². The first-order valence-corrected chi connectivity index (χ1v) is 9.03. The SMILES string of the molecule is Cn1cc(C2CCN(S(=O)(=O)c3ccccc3Cl)CC2)cn1. The lowest BCUT2D eigenvalue weighted by atomic mass is 9.93. The van der Waals surface area contributed by atoms with Crippen LogP contribution in [0.25, 0.3) is 0 Å².